The molecule has 5 heteroatoms. The van der Waals surface area contributed by atoms with Crippen LogP contribution in [0.4, 0.5) is 0 Å². The van der Waals surface area contributed by atoms with E-state index < -0.39 is 5.97 Å². The van der Waals surface area contributed by atoms with Gasteiger partial charge >= 0.3 is 5.97 Å². The van der Waals surface area contributed by atoms with Crippen molar-refractivity contribution < 1.29 is 15.0 Å². The Hall–Kier alpha value is 1.24. The van der Waals surface area contributed by atoms with Crippen LogP contribution in [-0.2, 0) is 0 Å². The van der Waals surface area contributed by atoms with Crippen molar-refractivity contribution in [3.05, 3.63) is 42.0 Å². The van der Waals surface area contributed by atoms with Crippen LogP contribution < -0.4 is 0 Å². The second kappa shape index (κ2) is 7.63. The molecule has 0 bridgehead atoms. The van der Waals surface area contributed by atoms with Gasteiger partial charge in [0.15, 0.2) is 0 Å². The minimum absolute atomic E-state index is 0. The van der Waals surface area contributed by atoms with Gasteiger partial charge in [0.05, 0.1) is 5.56 Å². The molecule has 0 unspecified atom stereocenters. The Labute approximate surface area is 178 Å². The molecule has 0 saturated heterocycles. The van der Waals surface area contributed by atoms with Crippen LogP contribution in [-0.4, -0.2) is 119 Å². The number of phenols is 1. The van der Waals surface area contributed by atoms with Gasteiger partial charge in [-0.2, -0.15) is 0 Å². The fourth-order valence-electron chi connectivity index (χ4n) is 1.37. The molecule has 0 spiro atoms. The first-order valence-corrected chi connectivity index (χ1v) is 4.13. The quantitative estimate of drug-likeness (QED) is 0.769. The summed E-state index contributed by atoms with van der Waals surface area (Å²) in [5.41, 5.74) is 0.253. The largest absolute Gasteiger partial charge is 0.508 e. The number of aromatic hydroxyl groups is 1. The Kier molecular flexibility index (Phi) is 8.22. The molecule has 72 valence electrons. The Bertz CT molecular complexity index is 512. The smallest absolute Gasteiger partial charge is 0.335 e. The van der Waals surface area contributed by atoms with Crippen molar-refractivity contribution in [1.29, 1.82) is 0 Å². The van der Waals surface area contributed by atoms with Crippen molar-refractivity contribution in [3.63, 3.8) is 0 Å². The summed E-state index contributed by atoms with van der Waals surface area (Å²) in [7, 11) is 0. The molecular formula is C11H8K2O3. The van der Waals surface area contributed by atoms with E-state index in [2.05, 4.69) is 0 Å². The van der Waals surface area contributed by atoms with Gasteiger partial charge in [0.2, 0.25) is 0 Å². The Balaban J connectivity index is 0.00000112. The Morgan fingerprint density at radius 3 is 2.12 bits per heavy atom. The third kappa shape index (κ3) is 4.17. The molecule has 16 heavy (non-hydrogen) atoms. The third-order valence-electron chi connectivity index (χ3n) is 2.07. The molecule has 0 aliphatic carbocycles. The van der Waals surface area contributed by atoms with Gasteiger partial charge in [0, 0.05) is 103 Å². The molecule has 0 fully saturated rings. The first kappa shape index (κ1) is 17.2. The van der Waals surface area contributed by atoms with Crippen LogP contribution in [0.5, 0.6) is 5.75 Å². The van der Waals surface area contributed by atoms with E-state index in [1.807, 2.05) is 0 Å². The molecule has 2 N–H and O–H groups in total. The fraction of sp³-hybridized carbons (Fsp3) is 0. The first-order chi connectivity index (χ1) is 6.66. The Morgan fingerprint density at radius 2 is 1.50 bits per heavy atom. The fourth-order valence-corrected chi connectivity index (χ4v) is 1.37. The monoisotopic (exact) mass is 266 g/mol. The molecule has 0 saturated carbocycles. The third-order valence-corrected chi connectivity index (χ3v) is 2.07. The van der Waals surface area contributed by atoms with E-state index in [0.717, 1.165) is 10.8 Å². The number of hydrogen-bond donors (Lipinski definition) is 2. The number of carbonyl (C=O) groups is 1. The summed E-state index contributed by atoms with van der Waals surface area (Å²) in [4.78, 5) is 10.7. The zero-order valence-corrected chi connectivity index (χ0v) is 15.5. The normalized spacial score (nSPS) is 9.00. The number of rotatable bonds is 1. The zero-order chi connectivity index (χ0) is 10.1. The van der Waals surface area contributed by atoms with E-state index in [1.165, 1.54) is 12.1 Å². The molecule has 0 aliphatic rings. The van der Waals surface area contributed by atoms with Crippen LogP contribution in [0.1, 0.15) is 10.4 Å². The van der Waals surface area contributed by atoms with Crippen molar-refractivity contribution in [2.45, 2.75) is 0 Å². The van der Waals surface area contributed by atoms with Crippen LogP contribution in [0.3, 0.4) is 0 Å². The van der Waals surface area contributed by atoms with Crippen molar-refractivity contribution in [2.75, 3.05) is 0 Å². The average molecular weight is 266 g/mol. The summed E-state index contributed by atoms with van der Waals surface area (Å²) in [6.45, 7) is 0. The molecule has 3 nitrogen and oxygen atoms in total. The van der Waals surface area contributed by atoms with Crippen molar-refractivity contribution in [2.24, 2.45) is 0 Å². The summed E-state index contributed by atoms with van der Waals surface area (Å²) in [6, 6.07) is 9.60. The number of aromatic carboxylic acids is 1. The Morgan fingerprint density at radius 1 is 0.938 bits per heavy atom. The van der Waals surface area contributed by atoms with Gasteiger partial charge in [-0.05, 0) is 35.0 Å². The van der Waals surface area contributed by atoms with E-state index in [1.54, 1.807) is 24.3 Å². The number of hydrogen-bond acceptors (Lipinski definition) is 2. The number of carboxylic acids is 1. The summed E-state index contributed by atoms with van der Waals surface area (Å²) < 4.78 is 0. The van der Waals surface area contributed by atoms with Gasteiger partial charge in [-0.1, -0.05) is 12.1 Å². The van der Waals surface area contributed by atoms with Crippen molar-refractivity contribution >= 4 is 120 Å². The van der Waals surface area contributed by atoms with Gasteiger partial charge in [-0.3, -0.25) is 0 Å². The van der Waals surface area contributed by atoms with Crippen LogP contribution in [0.15, 0.2) is 36.4 Å². The predicted molar refractivity (Wildman–Crippen MR) is 64.1 cm³/mol. The van der Waals surface area contributed by atoms with Gasteiger partial charge < -0.3 is 10.2 Å². The van der Waals surface area contributed by atoms with Crippen LogP contribution in [0, 0.1) is 0 Å². The summed E-state index contributed by atoms with van der Waals surface area (Å²) in [5.74, 6) is -0.763. The van der Waals surface area contributed by atoms with E-state index in [9.17, 15) is 9.90 Å². The van der Waals surface area contributed by atoms with E-state index in [0.29, 0.717) is 0 Å². The molecule has 2 rings (SSSR count). The van der Waals surface area contributed by atoms with E-state index in [-0.39, 0.29) is 114 Å². The van der Waals surface area contributed by atoms with Gasteiger partial charge in [0.1, 0.15) is 5.75 Å². The van der Waals surface area contributed by atoms with Crippen LogP contribution in [0.2, 0.25) is 0 Å². The summed E-state index contributed by atoms with van der Waals surface area (Å²) >= 11 is 0. The zero-order valence-electron chi connectivity index (χ0n) is 9.27. The van der Waals surface area contributed by atoms with Crippen LogP contribution >= 0.6 is 0 Å². The van der Waals surface area contributed by atoms with E-state index in [4.69, 9.17) is 5.11 Å². The molecule has 0 aromatic heterocycles. The molecular weight excluding hydrogens is 258 g/mol. The standard InChI is InChI=1S/C11H8O3.2K/c12-10-4-3-7-5-9(11(13)14)2-1-8(7)6-10;;/h1-6,12H,(H,13,14);;. The molecule has 0 atom stereocenters. The maximum atomic E-state index is 10.7. The van der Waals surface area contributed by atoms with Gasteiger partial charge in [-0.25, -0.2) is 4.79 Å². The molecule has 0 aliphatic heterocycles. The topological polar surface area (TPSA) is 57.5 Å². The van der Waals surface area contributed by atoms with Crippen molar-refractivity contribution in [3.8, 4) is 5.75 Å². The van der Waals surface area contributed by atoms with Gasteiger partial charge in [-0.15, -0.1) is 0 Å². The number of benzene rings is 2. The summed E-state index contributed by atoms with van der Waals surface area (Å²) in [5, 5.41) is 19.6. The van der Waals surface area contributed by atoms with Gasteiger partial charge in [0.25, 0.3) is 0 Å². The second-order valence-corrected chi connectivity index (χ2v) is 3.05. The number of fused-ring (bicyclic) bond motifs is 1. The predicted octanol–water partition coefficient (Wildman–Crippen LogP) is 1.48. The molecule has 2 aromatic rings. The number of carboxylic acid groups (broad SMARTS) is 1. The van der Waals surface area contributed by atoms with Crippen LogP contribution in [0.25, 0.3) is 10.8 Å². The SMILES string of the molecule is O=C(O)c1ccc2cc(O)ccc2c1.[K].[K]. The molecule has 0 heterocycles. The maximum Gasteiger partial charge on any atom is 0.335 e. The average Bonchev–Trinajstić information content (AvgIpc) is 2.16. The number of phenolic OH excluding ortho intramolecular Hbond substituents is 1. The molecule has 2 radical (unpaired) electrons. The minimum atomic E-state index is -0.944. The van der Waals surface area contributed by atoms with E-state index >= 15 is 0 Å². The second-order valence-electron chi connectivity index (χ2n) is 3.05. The molecule has 2 aromatic carbocycles. The minimum Gasteiger partial charge on any atom is -0.508 e. The maximum absolute atomic E-state index is 10.7. The van der Waals surface area contributed by atoms with Crippen molar-refractivity contribution in [1.82, 2.24) is 0 Å². The first-order valence-electron chi connectivity index (χ1n) is 4.13. The summed E-state index contributed by atoms with van der Waals surface area (Å²) in [6.07, 6.45) is 0. The molecule has 0 amide bonds.